The maximum atomic E-state index is 10.6. The van der Waals surface area contributed by atoms with E-state index in [-0.39, 0.29) is 5.69 Å². The first kappa shape index (κ1) is 12.5. The first-order chi connectivity index (χ1) is 8.56. The Morgan fingerprint density at radius 1 is 1.28 bits per heavy atom. The first-order valence-corrected chi connectivity index (χ1v) is 5.96. The van der Waals surface area contributed by atoms with Gasteiger partial charge in [-0.1, -0.05) is 22.0 Å². The molecule has 1 aromatic carbocycles. The van der Waals surface area contributed by atoms with E-state index in [0.29, 0.717) is 5.82 Å². The molecule has 0 radical (unpaired) electrons. The molecular weight excluding hydrogens is 298 g/mol. The standard InChI is InChI=1S/C12H10BrN3O2/c1-7-2-3-8(6-9(7)13)14-11-5-4-10(12(17)18)15-16-11/h2-6H,1H3,(H,14,16)(H,17,18). The third-order valence-electron chi connectivity index (χ3n) is 2.33. The van der Waals surface area contributed by atoms with Crippen LogP contribution in [-0.4, -0.2) is 21.3 Å². The molecule has 0 aliphatic rings. The van der Waals surface area contributed by atoms with Crippen LogP contribution in [0.4, 0.5) is 11.5 Å². The molecule has 2 N–H and O–H groups in total. The van der Waals surface area contributed by atoms with Gasteiger partial charge < -0.3 is 10.4 Å². The number of nitrogens with zero attached hydrogens (tertiary/aromatic N) is 2. The van der Waals surface area contributed by atoms with Crippen molar-refractivity contribution in [3.05, 3.63) is 46.1 Å². The van der Waals surface area contributed by atoms with Crippen LogP contribution in [0.1, 0.15) is 16.1 Å². The molecule has 0 atom stereocenters. The summed E-state index contributed by atoms with van der Waals surface area (Å²) in [4.78, 5) is 10.6. The number of carboxylic acids is 1. The molecule has 0 fully saturated rings. The number of halogens is 1. The van der Waals surface area contributed by atoms with Crippen LogP contribution in [0.5, 0.6) is 0 Å². The maximum Gasteiger partial charge on any atom is 0.356 e. The summed E-state index contributed by atoms with van der Waals surface area (Å²) in [6, 6.07) is 8.77. The topological polar surface area (TPSA) is 75.1 Å². The lowest BCUT2D eigenvalue weighted by Crippen LogP contribution is -2.03. The highest BCUT2D eigenvalue weighted by molar-refractivity contribution is 9.10. The minimum absolute atomic E-state index is 0.0781. The zero-order valence-electron chi connectivity index (χ0n) is 9.51. The van der Waals surface area contributed by atoms with Gasteiger partial charge in [0.2, 0.25) is 0 Å². The van der Waals surface area contributed by atoms with Crippen LogP contribution >= 0.6 is 15.9 Å². The fourth-order valence-electron chi connectivity index (χ4n) is 1.33. The summed E-state index contributed by atoms with van der Waals surface area (Å²) in [6.07, 6.45) is 0. The highest BCUT2D eigenvalue weighted by Crippen LogP contribution is 2.22. The van der Waals surface area contributed by atoms with E-state index in [0.717, 1.165) is 15.7 Å². The van der Waals surface area contributed by atoms with Crippen LogP contribution in [0.3, 0.4) is 0 Å². The second-order valence-corrected chi connectivity index (χ2v) is 4.55. The van der Waals surface area contributed by atoms with Gasteiger partial charge in [-0.05, 0) is 36.8 Å². The van der Waals surface area contributed by atoms with Gasteiger partial charge in [-0.3, -0.25) is 0 Å². The molecular formula is C12H10BrN3O2. The van der Waals surface area contributed by atoms with Crippen molar-refractivity contribution in [1.82, 2.24) is 10.2 Å². The summed E-state index contributed by atoms with van der Waals surface area (Å²) in [7, 11) is 0. The molecule has 0 bridgehead atoms. The second kappa shape index (κ2) is 5.14. The number of hydrogen-bond donors (Lipinski definition) is 2. The number of benzene rings is 1. The predicted molar refractivity (Wildman–Crippen MR) is 71.2 cm³/mol. The van der Waals surface area contributed by atoms with Crippen molar-refractivity contribution in [3.63, 3.8) is 0 Å². The van der Waals surface area contributed by atoms with E-state index < -0.39 is 5.97 Å². The third kappa shape index (κ3) is 2.84. The zero-order valence-corrected chi connectivity index (χ0v) is 11.1. The van der Waals surface area contributed by atoms with Crippen LogP contribution < -0.4 is 5.32 Å². The van der Waals surface area contributed by atoms with E-state index in [2.05, 4.69) is 31.4 Å². The fourth-order valence-corrected chi connectivity index (χ4v) is 1.71. The molecule has 18 heavy (non-hydrogen) atoms. The summed E-state index contributed by atoms with van der Waals surface area (Å²) in [6.45, 7) is 2.00. The Bertz CT molecular complexity index is 584. The molecule has 0 amide bonds. The molecule has 1 aromatic heterocycles. The molecule has 0 aliphatic heterocycles. The molecule has 2 rings (SSSR count). The Balaban J connectivity index is 2.18. The van der Waals surface area contributed by atoms with Gasteiger partial charge in [-0.2, -0.15) is 0 Å². The fraction of sp³-hybridized carbons (Fsp3) is 0.0833. The quantitative estimate of drug-likeness (QED) is 0.911. The molecule has 92 valence electrons. The Labute approximate surface area is 112 Å². The number of carboxylic acid groups (broad SMARTS) is 1. The molecule has 0 saturated heterocycles. The van der Waals surface area contributed by atoms with Gasteiger partial charge >= 0.3 is 5.97 Å². The average molecular weight is 308 g/mol. The van der Waals surface area contributed by atoms with Gasteiger partial charge in [0.1, 0.15) is 0 Å². The van der Waals surface area contributed by atoms with E-state index in [9.17, 15) is 4.79 Å². The Hall–Kier alpha value is -1.95. The summed E-state index contributed by atoms with van der Waals surface area (Å²) >= 11 is 3.44. The predicted octanol–water partition coefficient (Wildman–Crippen LogP) is 2.99. The molecule has 0 aliphatic carbocycles. The van der Waals surface area contributed by atoms with Gasteiger partial charge in [0.15, 0.2) is 11.5 Å². The molecule has 6 heteroatoms. The highest BCUT2D eigenvalue weighted by atomic mass is 79.9. The molecule has 1 heterocycles. The monoisotopic (exact) mass is 307 g/mol. The lowest BCUT2D eigenvalue weighted by atomic mass is 10.2. The Morgan fingerprint density at radius 3 is 2.61 bits per heavy atom. The number of carbonyl (C=O) groups is 1. The van der Waals surface area contributed by atoms with Crippen molar-refractivity contribution in [1.29, 1.82) is 0 Å². The molecule has 0 saturated carbocycles. The van der Waals surface area contributed by atoms with Crippen molar-refractivity contribution < 1.29 is 9.90 Å². The SMILES string of the molecule is Cc1ccc(Nc2ccc(C(=O)O)nn2)cc1Br. The lowest BCUT2D eigenvalue weighted by Gasteiger charge is -2.06. The van der Waals surface area contributed by atoms with Gasteiger partial charge in [-0.25, -0.2) is 4.79 Å². The smallest absolute Gasteiger partial charge is 0.356 e. The van der Waals surface area contributed by atoms with Crippen LogP contribution in [0.15, 0.2) is 34.8 Å². The van der Waals surface area contributed by atoms with Crippen LogP contribution in [0.25, 0.3) is 0 Å². The van der Waals surface area contributed by atoms with E-state index in [1.165, 1.54) is 6.07 Å². The van der Waals surface area contributed by atoms with E-state index >= 15 is 0 Å². The molecule has 2 aromatic rings. The van der Waals surface area contributed by atoms with E-state index in [4.69, 9.17) is 5.11 Å². The van der Waals surface area contributed by atoms with Crippen molar-refractivity contribution in [2.24, 2.45) is 0 Å². The molecule has 0 unspecified atom stereocenters. The minimum atomic E-state index is -1.09. The van der Waals surface area contributed by atoms with Crippen molar-refractivity contribution in [2.45, 2.75) is 6.92 Å². The number of aromatic nitrogens is 2. The first-order valence-electron chi connectivity index (χ1n) is 5.16. The minimum Gasteiger partial charge on any atom is -0.476 e. The van der Waals surface area contributed by atoms with Gasteiger partial charge in [-0.15, -0.1) is 10.2 Å². The maximum absolute atomic E-state index is 10.6. The van der Waals surface area contributed by atoms with E-state index in [1.54, 1.807) is 6.07 Å². The average Bonchev–Trinajstić information content (AvgIpc) is 2.34. The number of aryl methyl sites for hydroxylation is 1. The normalized spacial score (nSPS) is 10.1. The molecule has 5 nitrogen and oxygen atoms in total. The Kier molecular flexibility index (Phi) is 3.57. The van der Waals surface area contributed by atoms with Crippen molar-refractivity contribution in [2.75, 3.05) is 5.32 Å². The summed E-state index contributed by atoms with van der Waals surface area (Å²) in [5.74, 6) is -0.595. The van der Waals surface area contributed by atoms with Gasteiger partial charge in [0, 0.05) is 10.2 Å². The van der Waals surface area contributed by atoms with E-state index in [1.807, 2.05) is 25.1 Å². The number of nitrogens with one attached hydrogen (secondary N) is 1. The zero-order chi connectivity index (χ0) is 13.1. The van der Waals surface area contributed by atoms with Crippen LogP contribution in [0, 0.1) is 6.92 Å². The molecule has 0 spiro atoms. The number of anilines is 2. The number of aromatic carboxylic acids is 1. The number of rotatable bonds is 3. The Morgan fingerprint density at radius 2 is 2.06 bits per heavy atom. The number of hydrogen-bond acceptors (Lipinski definition) is 4. The van der Waals surface area contributed by atoms with Crippen LogP contribution in [0.2, 0.25) is 0 Å². The summed E-state index contributed by atoms with van der Waals surface area (Å²) < 4.78 is 0.989. The highest BCUT2D eigenvalue weighted by Gasteiger charge is 2.05. The van der Waals surface area contributed by atoms with Crippen LogP contribution in [-0.2, 0) is 0 Å². The summed E-state index contributed by atoms with van der Waals surface area (Å²) in [5, 5.41) is 19.1. The largest absolute Gasteiger partial charge is 0.476 e. The van der Waals surface area contributed by atoms with Crippen molar-refractivity contribution >= 4 is 33.4 Å². The second-order valence-electron chi connectivity index (χ2n) is 3.70. The lowest BCUT2D eigenvalue weighted by molar-refractivity contribution is 0.0689. The third-order valence-corrected chi connectivity index (χ3v) is 3.18. The van der Waals surface area contributed by atoms with Gasteiger partial charge in [0.05, 0.1) is 0 Å². The summed E-state index contributed by atoms with van der Waals surface area (Å²) in [5.41, 5.74) is 1.91. The van der Waals surface area contributed by atoms with Gasteiger partial charge in [0.25, 0.3) is 0 Å². The van der Waals surface area contributed by atoms with Crippen molar-refractivity contribution in [3.8, 4) is 0 Å².